The average Bonchev–Trinajstić information content (AvgIpc) is 1.98. The molecule has 0 radical (unpaired) electrons. The summed E-state index contributed by atoms with van der Waals surface area (Å²) in [6.07, 6.45) is -9.30. The van der Waals surface area contributed by atoms with Crippen LogP contribution in [0.3, 0.4) is 0 Å². The molecule has 0 aromatic heterocycles. The highest BCUT2D eigenvalue weighted by molar-refractivity contribution is 4.83. The van der Waals surface area contributed by atoms with Gasteiger partial charge in [-0.25, -0.2) is 4.39 Å². The van der Waals surface area contributed by atoms with Gasteiger partial charge in [-0.2, -0.15) is 22.0 Å². The van der Waals surface area contributed by atoms with Gasteiger partial charge in [0.25, 0.3) is 6.17 Å². The third-order valence-corrected chi connectivity index (χ3v) is 1.05. The molecule has 0 saturated heterocycles. The molecule has 7 heteroatoms. The van der Waals surface area contributed by atoms with Crippen LogP contribution in [0.25, 0.3) is 0 Å². The van der Waals surface area contributed by atoms with Gasteiger partial charge in [0.05, 0.1) is 6.26 Å². The molecule has 1 nitrogen and oxygen atoms in total. The van der Waals surface area contributed by atoms with E-state index in [1.54, 1.807) is 0 Å². The lowest BCUT2D eigenvalue weighted by atomic mass is 10.2. The second-order valence-electron chi connectivity index (χ2n) is 2.14. The Labute approximate surface area is 70.0 Å². The molecule has 0 aliphatic carbocycles. The van der Waals surface area contributed by atoms with Gasteiger partial charge in [-0.15, -0.1) is 0 Å². The van der Waals surface area contributed by atoms with Crippen LogP contribution in [-0.4, -0.2) is 24.9 Å². The Hall–Kier alpha value is -0.880. The number of ether oxygens (including phenoxy) is 1. The van der Waals surface area contributed by atoms with E-state index in [2.05, 4.69) is 11.3 Å². The predicted octanol–water partition coefficient (Wildman–Crippen LogP) is 2.68. The largest absolute Gasteiger partial charge is 0.495 e. The summed E-state index contributed by atoms with van der Waals surface area (Å²) in [4.78, 5) is 0. The highest BCUT2D eigenvalue weighted by Crippen LogP contribution is 2.34. The Morgan fingerprint density at radius 3 is 2.00 bits per heavy atom. The normalized spacial score (nSPS) is 15.2. The first kappa shape index (κ1) is 12.1. The van der Waals surface area contributed by atoms with Crippen LogP contribution in [0.15, 0.2) is 12.8 Å². The molecule has 0 fully saturated rings. The van der Waals surface area contributed by atoms with Crippen molar-refractivity contribution >= 4 is 0 Å². The van der Waals surface area contributed by atoms with Crippen LogP contribution < -0.4 is 0 Å². The van der Waals surface area contributed by atoms with Gasteiger partial charge in [-0.05, 0) is 0 Å². The summed E-state index contributed by atoms with van der Waals surface area (Å²) < 4.78 is 74.6. The van der Waals surface area contributed by atoms with Gasteiger partial charge in [0.1, 0.15) is 0 Å². The first-order valence-corrected chi connectivity index (χ1v) is 3.03. The first-order chi connectivity index (χ1) is 5.72. The summed E-state index contributed by atoms with van der Waals surface area (Å²) in [5, 5.41) is 0. The van der Waals surface area contributed by atoms with Crippen LogP contribution >= 0.6 is 0 Å². The van der Waals surface area contributed by atoms with Gasteiger partial charge in [0.15, 0.2) is 6.61 Å². The topological polar surface area (TPSA) is 9.23 Å². The third-order valence-electron chi connectivity index (χ3n) is 1.05. The third kappa shape index (κ3) is 3.56. The molecule has 0 heterocycles. The van der Waals surface area contributed by atoms with Gasteiger partial charge in [-0.3, -0.25) is 0 Å². The maximum absolute atomic E-state index is 12.2. The van der Waals surface area contributed by atoms with Crippen molar-refractivity contribution in [1.29, 1.82) is 0 Å². The van der Waals surface area contributed by atoms with E-state index in [0.717, 1.165) is 0 Å². The molecule has 13 heavy (non-hydrogen) atoms. The molecule has 0 amide bonds. The van der Waals surface area contributed by atoms with Crippen molar-refractivity contribution in [2.75, 3.05) is 6.61 Å². The maximum atomic E-state index is 12.2. The minimum absolute atomic E-state index is 0.511. The monoisotopic (exact) mass is 208 g/mol. The zero-order valence-corrected chi connectivity index (χ0v) is 6.24. The molecule has 0 bridgehead atoms. The number of hydrogen-bond donors (Lipinski definition) is 0. The fourth-order valence-corrected chi connectivity index (χ4v) is 0.483. The standard InChI is InChI=1S/C6H6F6O/c1-2-13-3-5(8,9)4(7)6(10,11)12/h2,4H,1,3H2. The molecule has 0 aliphatic heterocycles. The summed E-state index contributed by atoms with van der Waals surface area (Å²) in [6.45, 7) is 1.14. The van der Waals surface area contributed by atoms with Crippen molar-refractivity contribution in [1.82, 2.24) is 0 Å². The zero-order chi connectivity index (χ0) is 10.7. The van der Waals surface area contributed by atoms with Gasteiger partial charge in [0.2, 0.25) is 0 Å². The zero-order valence-electron chi connectivity index (χ0n) is 6.24. The predicted molar refractivity (Wildman–Crippen MR) is 32.0 cm³/mol. The lowest BCUT2D eigenvalue weighted by Gasteiger charge is -2.21. The Balaban J connectivity index is 4.34. The second-order valence-corrected chi connectivity index (χ2v) is 2.14. The van der Waals surface area contributed by atoms with E-state index in [1.165, 1.54) is 0 Å². The number of rotatable bonds is 4. The van der Waals surface area contributed by atoms with E-state index in [0.29, 0.717) is 6.26 Å². The molecule has 0 aliphatic rings. The molecule has 0 saturated carbocycles. The average molecular weight is 208 g/mol. The highest BCUT2D eigenvalue weighted by atomic mass is 19.4. The van der Waals surface area contributed by atoms with Crippen molar-refractivity contribution < 1.29 is 31.1 Å². The summed E-state index contributed by atoms with van der Waals surface area (Å²) in [5.41, 5.74) is 0. The van der Waals surface area contributed by atoms with Crippen LogP contribution in [0.2, 0.25) is 0 Å². The number of hydrogen-bond acceptors (Lipinski definition) is 1. The smallest absolute Gasteiger partial charge is 0.425 e. The molecule has 1 unspecified atom stereocenters. The van der Waals surface area contributed by atoms with E-state index in [9.17, 15) is 26.3 Å². The maximum Gasteiger partial charge on any atom is 0.425 e. The summed E-state index contributed by atoms with van der Waals surface area (Å²) in [6, 6.07) is 0. The first-order valence-electron chi connectivity index (χ1n) is 3.03. The van der Waals surface area contributed by atoms with E-state index in [1.807, 2.05) is 0 Å². The van der Waals surface area contributed by atoms with Crippen molar-refractivity contribution in [2.45, 2.75) is 18.3 Å². The van der Waals surface area contributed by atoms with Crippen molar-refractivity contribution in [3.05, 3.63) is 12.8 Å². The van der Waals surface area contributed by atoms with Crippen LogP contribution in [0.1, 0.15) is 0 Å². The van der Waals surface area contributed by atoms with E-state index in [-0.39, 0.29) is 0 Å². The lowest BCUT2D eigenvalue weighted by Crippen LogP contribution is -2.44. The summed E-state index contributed by atoms with van der Waals surface area (Å²) in [7, 11) is 0. The Kier molecular flexibility index (Phi) is 3.62. The Morgan fingerprint density at radius 2 is 1.69 bits per heavy atom. The fourth-order valence-electron chi connectivity index (χ4n) is 0.483. The summed E-state index contributed by atoms with van der Waals surface area (Å²) in [5.74, 6) is -4.59. The Morgan fingerprint density at radius 1 is 1.23 bits per heavy atom. The molecule has 0 N–H and O–H groups in total. The highest BCUT2D eigenvalue weighted by Gasteiger charge is 2.57. The molecular weight excluding hydrogens is 202 g/mol. The number of alkyl halides is 6. The van der Waals surface area contributed by atoms with Crippen LogP contribution in [0.5, 0.6) is 0 Å². The molecule has 1 atom stereocenters. The van der Waals surface area contributed by atoms with Crippen LogP contribution in [0.4, 0.5) is 26.3 Å². The molecule has 78 valence electrons. The van der Waals surface area contributed by atoms with Crippen molar-refractivity contribution in [3.63, 3.8) is 0 Å². The minimum Gasteiger partial charge on any atom is -0.495 e. The van der Waals surface area contributed by atoms with E-state index < -0.39 is 24.9 Å². The Bertz CT molecular complexity index is 174. The van der Waals surface area contributed by atoms with Gasteiger partial charge < -0.3 is 4.74 Å². The van der Waals surface area contributed by atoms with Crippen molar-refractivity contribution in [3.8, 4) is 0 Å². The molecule has 0 aromatic rings. The number of halogens is 6. The molecule has 0 spiro atoms. The van der Waals surface area contributed by atoms with Gasteiger partial charge >= 0.3 is 12.1 Å². The van der Waals surface area contributed by atoms with Gasteiger partial charge in [-0.1, -0.05) is 6.58 Å². The second kappa shape index (κ2) is 3.89. The molecule has 0 rings (SSSR count). The van der Waals surface area contributed by atoms with Crippen LogP contribution in [0, 0.1) is 0 Å². The minimum atomic E-state index is -5.59. The quantitative estimate of drug-likeness (QED) is 0.509. The SMILES string of the molecule is C=COCC(F)(F)C(F)C(F)(F)F. The van der Waals surface area contributed by atoms with Crippen LogP contribution in [-0.2, 0) is 4.74 Å². The van der Waals surface area contributed by atoms with Crippen molar-refractivity contribution in [2.24, 2.45) is 0 Å². The lowest BCUT2D eigenvalue weighted by molar-refractivity contribution is -0.252. The van der Waals surface area contributed by atoms with Gasteiger partial charge in [0, 0.05) is 0 Å². The molecular formula is C6H6F6O. The summed E-state index contributed by atoms with van der Waals surface area (Å²) >= 11 is 0. The van der Waals surface area contributed by atoms with E-state index >= 15 is 0 Å². The molecule has 0 aromatic carbocycles. The van der Waals surface area contributed by atoms with E-state index in [4.69, 9.17) is 0 Å². The fraction of sp³-hybridized carbons (Fsp3) is 0.667.